The average molecular weight is 299 g/mol. The lowest BCUT2D eigenvalue weighted by molar-refractivity contribution is -0.886. The van der Waals surface area contributed by atoms with E-state index in [9.17, 15) is 4.79 Å². The predicted molar refractivity (Wildman–Crippen MR) is 88.4 cm³/mol. The molecule has 1 aromatic rings. The lowest BCUT2D eigenvalue weighted by Crippen LogP contribution is -3.11. The van der Waals surface area contributed by atoms with Crippen LogP contribution in [0.1, 0.15) is 49.1 Å². The summed E-state index contributed by atoms with van der Waals surface area (Å²) in [6.07, 6.45) is 5.79. The van der Waals surface area contributed by atoms with Crippen LogP contribution in [0.3, 0.4) is 0 Å². The fourth-order valence-corrected chi connectivity index (χ4v) is 4.86. The van der Waals surface area contributed by atoms with Crippen LogP contribution in [0.15, 0.2) is 18.2 Å². The molecule has 3 heteroatoms. The first-order valence-electron chi connectivity index (χ1n) is 8.90. The summed E-state index contributed by atoms with van der Waals surface area (Å²) >= 11 is 0. The molecule has 3 unspecified atom stereocenters. The number of anilines is 1. The Morgan fingerprint density at radius 1 is 1.23 bits per heavy atom. The molecule has 3 atom stereocenters. The zero-order valence-corrected chi connectivity index (χ0v) is 13.8. The number of rotatable bonds is 1. The van der Waals surface area contributed by atoms with Gasteiger partial charge in [0.1, 0.15) is 0 Å². The summed E-state index contributed by atoms with van der Waals surface area (Å²) in [5.74, 6) is 1.23. The van der Waals surface area contributed by atoms with Gasteiger partial charge in [-0.3, -0.25) is 4.79 Å². The van der Waals surface area contributed by atoms with Gasteiger partial charge in [0.15, 0.2) is 0 Å². The Morgan fingerprint density at radius 2 is 2.00 bits per heavy atom. The maximum absolute atomic E-state index is 13.2. The first-order valence-corrected chi connectivity index (χ1v) is 8.90. The third-order valence-electron chi connectivity index (χ3n) is 6.02. The van der Waals surface area contributed by atoms with Crippen molar-refractivity contribution in [2.75, 3.05) is 25.0 Å². The van der Waals surface area contributed by atoms with Crippen molar-refractivity contribution in [1.29, 1.82) is 0 Å². The molecule has 22 heavy (non-hydrogen) atoms. The number of carbonyl (C=O) groups excluding carboxylic acids is 1. The standard InChI is InChI=1S/C19H26N2O/c1-13-7-8-17-15(11-13)16-12-20(2)10-9-18(16)21(17)19(22)14-5-3-4-6-14/h7-8,11,14,16,18H,3-6,9-10,12H2,1-2H3/p+1. The van der Waals surface area contributed by atoms with Crippen molar-refractivity contribution in [3.05, 3.63) is 29.3 Å². The van der Waals surface area contributed by atoms with Crippen molar-refractivity contribution in [3.8, 4) is 0 Å². The van der Waals surface area contributed by atoms with E-state index in [4.69, 9.17) is 0 Å². The van der Waals surface area contributed by atoms with E-state index < -0.39 is 0 Å². The summed E-state index contributed by atoms with van der Waals surface area (Å²) in [5, 5.41) is 0. The van der Waals surface area contributed by atoms with Gasteiger partial charge in [-0.15, -0.1) is 0 Å². The van der Waals surface area contributed by atoms with Gasteiger partial charge in [-0.1, -0.05) is 30.5 Å². The average Bonchev–Trinajstić information content (AvgIpc) is 3.13. The second kappa shape index (κ2) is 5.38. The molecule has 3 nitrogen and oxygen atoms in total. The minimum Gasteiger partial charge on any atom is -0.337 e. The van der Waals surface area contributed by atoms with Crippen LogP contribution in [0.2, 0.25) is 0 Å². The first kappa shape index (κ1) is 14.3. The molecule has 1 saturated carbocycles. The quantitative estimate of drug-likeness (QED) is 0.842. The number of hydrogen-bond donors (Lipinski definition) is 1. The van der Waals surface area contributed by atoms with Gasteiger partial charge in [0.25, 0.3) is 0 Å². The van der Waals surface area contributed by atoms with Crippen LogP contribution in [-0.2, 0) is 4.79 Å². The molecule has 118 valence electrons. The number of nitrogens with one attached hydrogen (secondary N) is 1. The summed E-state index contributed by atoms with van der Waals surface area (Å²) in [6, 6.07) is 7.11. The van der Waals surface area contributed by atoms with E-state index in [-0.39, 0.29) is 5.92 Å². The normalized spacial score (nSPS) is 31.2. The highest BCUT2D eigenvalue weighted by atomic mass is 16.2. The van der Waals surface area contributed by atoms with Gasteiger partial charge in [-0.25, -0.2) is 0 Å². The molecule has 1 aliphatic carbocycles. The molecule has 0 radical (unpaired) electrons. The number of benzene rings is 1. The summed E-state index contributed by atoms with van der Waals surface area (Å²) in [4.78, 5) is 17.0. The number of likely N-dealkylation sites (N-methyl/N-ethyl adjacent to an activating group) is 1. The van der Waals surface area contributed by atoms with E-state index in [0.29, 0.717) is 17.9 Å². The molecule has 0 bridgehead atoms. The van der Waals surface area contributed by atoms with Gasteiger partial charge in [0.05, 0.1) is 32.1 Å². The Balaban J connectivity index is 1.73. The Labute approximate surface area is 133 Å². The molecular weight excluding hydrogens is 272 g/mol. The van der Waals surface area contributed by atoms with Crippen molar-refractivity contribution < 1.29 is 9.69 Å². The lowest BCUT2D eigenvalue weighted by atomic mass is 9.88. The van der Waals surface area contributed by atoms with E-state index in [2.05, 4.69) is 37.1 Å². The van der Waals surface area contributed by atoms with Gasteiger partial charge < -0.3 is 9.80 Å². The number of piperidine rings is 1. The van der Waals surface area contributed by atoms with Gasteiger partial charge in [-0.2, -0.15) is 0 Å². The highest BCUT2D eigenvalue weighted by Gasteiger charge is 2.46. The van der Waals surface area contributed by atoms with E-state index >= 15 is 0 Å². The van der Waals surface area contributed by atoms with Gasteiger partial charge in [0.2, 0.25) is 5.91 Å². The van der Waals surface area contributed by atoms with Crippen LogP contribution in [0.25, 0.3) is 0 Å². The monoisotopic (exact) mass is 299 g/mol. The molecule has 2 heterocycles. The molecular formula is C19H27N2O+. The van der Waals surface area contributed by atoms with Crippen LogP contribution in [-0.4, -0.2) is 32.1 Å². The summed E-state index contributed by atoms with van der Waals surface area (Å²) < 4.78 is 0. The van der Waals surface area contributed by atoms with Crippen molar-refractivity contribution in [3.63, 3.8) is 0 Å². The SMILES string of the molecule is Cc1ccc2c(c1)C1C[NH+](C)CCC1N2C(=O)C1CCCC1. The number of nitrogens with zero attached hydrogens (tertiary/aromatic N) is 1. The highest BCUT2D eigenvalue weighted by molar-refractivity contribution is 5.98. The fraction of sp³-hybridized carbons (Fsp3) is 0.632. The second-order valence-electron chi connectivity index (χ2n) is 7.63. The minimum absolute atomic E-state index is 0.278. The maximum atomic E-state index is 13.2. The molecule has 1 saturated heterocycles. The molecule has 0 aromatic heterocycles. The smallest absolute Gasteiger partial charge is 0.230 e. The van der Waals surface area contributed by atoms with Gasteiger partial charge in [-0.05, 0) is 31.4 Å². The molecule has 1 aromatic carbocycles. The minimum atomic E-state index is 0.278. The van der Waals surface area contributed by atoms with E-state index in [1.807, 2.05) is 0 Å². The van der Waals surface area contributed by atoms with E-state index in [1.165, 1.54) is 36.2 Å². The van der Waals surface area contributed by atoms with Crippen molar-refractivity contribution >= 4 is 11.6 Å². The zero-order chi connectivity index (χ0) is 15.3. The molecule has 1 amide bonds. The fourth-order valence-electron chi connectivity index (χ4n) is 4.86. The Bertz CT molecular complexity index is 591. The number of aryl methyl sites for hydroxylation is 1. The number of likely N-dealkylation sites (tertiary alicyclic amines) is 1. The third-order valence-corrected chi connectivity index (χ3v) is 6.02. The van der Waals surface area contributed by atoms with Crippen molar-refractivity contribution in [2.24, 2.45) is 5.92 Å². The summed E-state index contributed by atoms with van der Waals surface area (Å²) in [6.45, 7) is 4.51. The summed E-state index contributed by atoms with van der Waals surface area (Å²) in [5.41, 5.74) is 3.96. The molecule has 1 N–H and O–H groups in total. The Morgan fingerprint density at radius 3 is 2.77 bits per heavy atom. The van der Waals surface area contributed by atoms with Crippen LogP contribution in [0, 0.1) is 12.8 Å². The van der Waals surface area contributed by atoms with Crippen molar-refractivity contribution in [2.45, 2.75) is 51.0 Å². The predicted octanol–water partition coefficient (Wildman–Crippen LogP) is 1.90. The maximum Gasteiger partial charge on any atom is 0.230 e. The molecule has 3 aliphatic rings. The van der Waals surface area contributed by atoms with Crippen LogP contribution >= 0.6 is 0 Å². The molecule has 4 rings (SSSR count). The third kappa shape index (κ3) is 2.18. The summed E-state index contributed by atoms with van der Waals surface area (Å²) in [7, 11) is 2.28. The Kier molecular flexibility index (Phi) is 3.48. The molecule has 0 spiro atoms. The lowest BCUT2D eigenvalue weighted by Gasteiger charge is -2.35. The van der Waals surface area contributed by atoms with Crippen LogP contribution in [0.4, 0.5) is 5.69 Å². The zero-order valence-electron chi connectivity index (χ0n) is 13.8. The van der Waals surface area contributed by atoms with Gasteiger partial charge in [0, 0.05) is 18.0 Å². The molecule has 2 aliphatic heterocycles. The number of fused-ring (bicyclic) bond motifs is 3. The van der Waals surface area contributed by atoms with Crippen LogP contribution < -0.4 is 9.80 Å². The molecule has 2 fully saturated rings. The van der Waals surface area contributed by atoms with Crippen molar-refractivity contribution in [1.82, 2.24) is 0 Å². The first-order chi connectivity index (χ1) is 10.6. The Hall–Kier alpha value is -1.35. The van der Waals surface area contributed by atoms with E-state index in [0.717, 1.165) is 25.8 Å². The van der Waals surface area contributed by atoms with Crippen LogP contribution in [0.5, 0.6) is 0 Å². The second-order valence-corrected chi connectivity index (χ2v) is 7.63. The van der Waals surface area contributed by atoms with Gasteiger partial charge >= 0.3 is 0 Å². The highest BCUT2D eigenvalue weighted by Crippen LogP contribution is 2.44. The topological polar surface area (TPSA) is 24.8 Å². The number of carbonyl (C=O) groups is 1. The number of hydrogen-bond acceptors (Lipinski definition) is 1. The number of quaternary nitrogens is 1. The van der Waals surface area contributed by atoms with E-state index in [1.54, 1.807) is 4.90 Å². The largest absolute Gasteiger partial charge is 0.337 e. The number of amides is 1.